The summed E-state index contributed by atoms with van der Waals surface area (Å²) in [6, 6.07) is 16.0. The summed E-state index contributed by atoms with van der Waals surface area (Å²) in [5, 5.41) is 0. The molecule has 2 aromatic carbocycles. The topological polar surface area (TPSA) is 78.0 Å². The van der Waals surface area contributed by atoms with Crippen LogP contribution in [0.1, 0.15) is 21.5 Å². The first kappa shape index (κ1) is 14.7. The summed E-state index contributed by atoms with van der Waals surface area (Å²) in [4.78, 5) is 28.5. The van der Waals surface area contributed by atoms with Crippen molar-refractivity contribution >= 4 is 11.6 Å². The third-order valence-corrected chi connectivity index (χ3v) is 3.59. The van der Waals surface area contributed by atoms with Crippen LogP contribution in [0, 0.1) is 6.92 Å². The minimum Gasteiger partial charge on any atom is -0.384 e. The van der Waals surface area contributed by atoms with Crippen molar-refractivity contribution in [1.82, 2.24) is 9.55 Å². The lowest BCUT2D eigenvalue weighted by Crippen LogP contribution is -2.26. The molecule has 1 heterocycles. The van der Waals surface area contributed by atoms with Gasteiger partial charge in [0.1, 0.15) is 5.82 Å². The molecule has 2 N–H and O–H groups in total. The number of hydrogen-bond acceptors (Lipinski definition) is 4. The number of nitrogens with zero attached hydrogens (tertiary/aromatic N) is 2. The number of aryl methyl sites for hydroxylation is 1. The van der Waals surface area contributed by atoms with Gasteiger partial charge in [-0.25, -0.2) is 14.3 Å². The lowest BCUT2D eigenvalue weighted by atomic mass is 10.0. The number of benzene rings is 2. The Hall–Kier alpha value is -3.21. The van der Waals surface area contributed by atoms with Crippen LogP contribution in [0.3, 0.4) is 0 Å². The molecule has 0 bridgehead atoms. The minimum absolute atomic E-state index is 0.0850. The van der Waals surface area contributed by atoms with Crippen LogP contribution in [0.2, 0.25) is 0 Å². The van der Waals surface area contributed by atoms with E-state index in [1.807, 2.05) is 25.1 Å². The monoisotopic (exact) mass is 305 g/mol. The summed E-state index contributed by atoms with van der Waals surface area (Å²) in [5.41, 5.74) is 7.90. The highest BCUT2D eigenvalue weighted by atomic mass is 16.1. The Kier molecular flexibility index (Phi) is 3.76. The lowest BCUT2D eigenvalue weighted by Gasteiger charge is -2.12. The molecular formula is C18H15N3O2. The quantitative estimate of drug-likeness (QED) is 0.753. The maximum Gasteiger partial charge on any atom is 0.353 e. The number of rotatable bonds is 3. The molecule has 114 valence electrons. The second-order valence-corrected chi connectivity index (χ2v) is 5.21. The zero-order chi connectivity index (χ0) is 16.4. The number of anilines is 1. The van der Waals surface area contributed by atoms with Gasteiger partial charge in [-0.1, -0.05) is 48.0 Å². The maximum atomic E-state index is 12.6. The molecule has 0 unspecified atom stereocenters. The fourth-order valence-electron chi connectivity index (χ4n) is 2.33. The molecule has 5 heteroatoms. The standard InChI is InChI=1S/C18H15N3O2/c1-12-7-9-13(10-8-12)16(22)15-11-20-18(23)21(17(15)19)14-5-3-2-4-6-14/h2-11H,19H2,1H3. The van der Waals surface area contributed by atoms with E-state index in [1.165, 1.54) is 10.8 Å². The van der Waals surface area contributed by atoms with Gasteiger partial charge in [-0.15, -0.1) is 0 Å². The molecule has 0 radical (unpaired) electrons. The Morgan fingerprint density at radius 1 is 1.04 bits per heavy atom. The molecule has 0 fully saturated rings. The summed E-state index contributed by atoms with van der Waals surface area (Å²) in [6.45, 7) is 1.94. The normalized spacial score (nSPS) is 10.5. The molecule has 3 aromatic rings. The van der Waals surface area contributed by atoms with Gasteiger partial charge in [-0.3, -0.25) is 4.79 Å². The maximum absolute atomic E-state index is 12.6. The Morgan fingerprint density at radius 2 is 1.70 bits per heavy atom. The van der Waals surface area contributed by atoms with Gasteiger partial charge in [0, 0.05) is 11.8 Å². The Morgan fingerprint density at radius 3 is 2.35 bits per heavy atom. The van der Waals surface area contributed by atoms with Crippen LogP contribution in [-0.2, 0) is 0 Å². The van der Waals surface area contributed by atoms with E-state index in [9.17, 15) is 9.59 Å². The number of nitrogens with two attached hydrogens (primary N) is 1. The van der Waals surface area contributed by atoms with Crippen LogP contribution in [-0.4, -0.2) is 15.3 Å². The average molecular weight is 305 g/mol. The Balaban J connectivity index is 2.13. The molecular weight excluding hydrogens is 290 g/mol. The first-order valence-electron chi connectivity index (χ1n) is 7.12. The SMILES string of the molecule is Cc1ccc(C(=O)c2cnc(=O)n(-c3ccccc3)c2N)cc1. The third kappa shape index (κ3) is 2.76. The zero-order valence-corrected chi connectivity index (χ0v) is 12.6. The number of aromatic nitrogens is 2. The van der Waals surface area contributed by atoms with Crippen LogP contribution >= 0.6 is 0 Å². The molecule has 0 aliphatic rings. The van der Waals surface area contributed by atoms with Gasteiger partial charge in [0.15, 0.2) is 5.78 Å². The minimum atomic E-state index is -0.519. The first-order chi connectivity index (χ1) is 11.1. The molecule has 0 atom stereocenters. The molecule has 1 aromatic heterocycles. The van der Waals surface area contributed by atoms with Gasteiger partial charge < -0.3 is 5.73 Å². The van der Waals surface area contributed by atoms with E-state index in [0.29, 0.717) is 11.3 Å². The Bertz CT molecular complexity index is 913. The van der Waals surface area contributed by atoms with Crippen molar-refractivity contribution in [3.63, 3.8) is 0 Å². The molecule has 0 aliphatic heterocycles. The Labute approximate surface area is 133 Å². The number of hydrogen-bond donors (Lipinski definition) is 1. The molecule has 0 saturated heterocycles. The van der Waals surface area contributed by atoms with E-state index in [2.05, 4.69) is 4.98 Å². The van der Waals surface area contributed by atoms with Crippen molar-refractivity contribution < 1.29 is 4.79 Å². The van der Waals surface area contributed by atoms with Gasteiger partial charge in [0.25, 0.3) is 0 Å². The van der Waals surface area contributed by atoms with E-state index in [1.54, 1.807) is 36.4 Å². The van der Waals surface area contributed by atoms with Gasteiger partial charge >= 0.3 is 5.69 Å². The third-order valence-electron chi connectivity index (χ3n) is 3.59. The highest BCUT2D eigenvalue weighted by Gasteiger charge is 2.17. The predicted molar refractivity (Wildman–Crippen MR) is 88.9 cm³/mol. The lowest BCUT2D eigenvalue weighted by molar-refractivity contribution is 0.103. The molecule has 0 aliphatic carbocycles. The van der Waals surface area contributed by atoms with Crippen molar-refractivity contribution in [1.29, 1.82) is 0 Å². The largest absolute Gasteiger partial charge is 0.384 e. The summed E-state index contributed by atoms with van der Waals surface area (Å²) in [7, 11) is 0. The molecule has 0 saturated carbocycles. The van der Waals surface area contributed by atoms with Crippen LogP contribution in [0.4, 0.5) is 5.82 Å². The molecule has 0 spiro atoms. The van der Waals surface area contributed by atoms with E-state index in [-0.39, 0.29) is 17.2 Å². The zero-order valence-electron chi connectivity index (χ0n) is 12.6. The number of nitrogen functional groups attached to an aromatic ring is 1. The summed E-state index contributed by atoms with van der Waals surface area (Å²) in [6.07, 6.45) is 1.24. The summed E-state index contributed by atoms with van der Waals surface area (Å²) < 4.78 is 1.24. The predicted octanol–water partition coefficient (Wildman–Crippen LogP) is 2.35. The second kappa shape index (κ2) is 5.88. The summed E-state index contributed by atoms with van der Waals surface area (Å²) in [5.74, 6) is -0.179. The molecule has 0 amide bonds. The summed E-state index contributed by atoms with van der Waals surface area (Å²) >= 11 is 0. The van der Waals surface area contributed by atoms with Crippen molar-refractivity contribution in [3.05, 3.63) is 88.0 Å². The average Bonchev–Trinajstić information content (AvgIpc) is 2.56. The van der Waals surface area contributed by atoms with Crippen molar-refractivity contribution in [2.24, 2.45) is 0 Å². The number of para-hydroxylation sites is 1. The smallest absolute Gasteiger partial charge is 0.353 e. The fraction of sp³-hybridized carbons (Fsp3) is 0.0556. The number of carbonyl (C=O) groups is 1. The van der Waals surface area contributed by atoms with Crippen LogP contribution < -0.4 is 11.4 Å². The van der Waals surface area contributed by atoms with Gasteiger partial charge in [0.2, 0.25) is 0 Å². The van der Waals surface area contributed by atoms with Crippen LogP contribution in [0.15, 0.2) is 65.6 Å². The van der Waals surface area contributed by atoms with Gasteiger partial charge in [0.05, 0.1) is 11.3 Å². The second-order valence-electron chi connectivity index (χ2n) is 5.21. The van der Waals surface area contributed by atoms with E-state index < -0.39 is 5.69 Å². The first-order valence-corrected chi connectivity index (χ1v) is 7.12. The highest BCUT2D eigenvalue weighted by molar-refractivity contribution is 6.11. The molecule has 23 heavy (non-hydrogen) atoms. The fourth-order valence-corrected chi connectivity index (χ4v) is 2.33. The molecule has 5 nitrogen and oxygen atoms in total. The van der Waals surface area contributed by atoms with Gasteiger partial charge in [-0.2, -0.15) is 0 Å². The highest BCUT2D eigenvalue weighted by Crippen LogP contribution is 2.18. The molecule has 3 rings (SSSR count). The van der Waals surface area contributed by atoms with Gasteiger partial charge in [-0.05, 0) is 19.1 Å². The number of carbonyl (C=O) groups excluding carboxylic acids is 1. The van der Waals surface area contributed by atoms with Crippen molar-refractivity contribution in [3.8, 4) is 5.69 Å². The van der Waals surface area contributed by atoms with E-state index >= 15 is 0 Å². The van der Waals surface area contributed by atoms with E-state index in [4.69, 9.17) is 5.73 Å². The van der Waals surface area contributed by atoms with Crippen LogP contribution in [0.25, 0.3) is 5.69 Å². The van der Waals surface area contributed by atoms with Crippen molar-refractivity contribution in [2.45, 2.75) is 6.92 Å². The number of ketones is 1. The van der Waals surface area contributed by atoms with E-state index in [0.717, 1.165) is 5.56 Å². The van der Waals surface area contributed by atoms with Crippen LogP contribution in [0.5, 0.6) is 0 Å². The van der Waals surface area contributed by atoms with Crippen molar-refractivity contribution in [2.75, 3.05) is 5.73 Å².